The van der Waals surface area contributed by atoms with Crippen LogP contribution in [0.3, 0.4) is 0 Å². The topological polar surface area (TPSA) is 81.9 Å². The zero-order valence-electron chi connectivity index (χ0n) is 11.7. The fourth-order valence-electron chi connectivity index (χ4n) is 2.10. The first-order valence-corrected chi connectivity index (χ1v) is 6.96. The zero-order chi connectivity index (χ0) is 15.4. The van der Waals surface area contributed by atoms with E-state index in [0.29, 0.717) is 24.7 Å². The molecule has 1 heterocycles. The fraction of sp³-hybridized carbons (Fsp3) is 0.429. The van der Waals surface area contributed by atoms with Gasteiger partial charge in [0.1, 0.15) is 5.75 Å². The Hall–Kier alpha value is -1.79. The van der Waals surface area contributed by atoms with Gasteiger partial charge in [-0.05, 0) is 25.1 Å². The molecule has 1 aromatic rings. The number of hydrogen-bond acceptors (Lipinski definition) is 4. The van der Waals surface area contributed by atoms with Gasteiger partial charge in [0.05, 0.1) is 18.3 Å². The number of benzene rings is 1. The summed E-state index contributed by atoms with van der Waals surface area (Å²) in [4.78, 5) is 25.1. The molecule has 0 saturated carbocycles. The van der Waals surface area contributed by atoms with Gasteiger partial charge in [0.2, 0.25) is 0 Å². The summed E-state index contributed by atoms with van der Waals surface area (Å²) in [5.41, 5.74) is 5.42. The van der Waals surface area contributed by atoms with Gasteiger partial charge in [0, 0.05) is 18.1 Å². The van der Waals surface area contributed by atoms with Crippen molar-refractivity contribution < 1.29 is 19.1 Å². The quantitative estimate of drug-likeness (QED) is 0.901. The molecule has 2 rings (SSSR count). The number of carbonyl (C=O) groups excluding carboxylic acids is 2. The third-order valence-electron chi connectivity index (χ3n) is 3.15. The van der Waals surface area contributed by atoms with Crippen molar-refractivity contribution in [3.8, 4) is 5.75 Å². The van der Waals surface area contributed by atoms with E-state index in [-0.39, 0.29) is 29.9 Å². The summed E-state index contributed by atoms with van der Waals surface area (Å²) in [5, 5.41) is 0.379. The van der Waals surface area contributed by atoms with Crippen LogP contribution in [0.1, 0.15) is 17.3 Å². The highest BCUT2D eigenvalue weighted by Gasteiger charge is 2.22. The summed E-state index contributed by atoms with van der Waals surface area (Å²) in [6, 6.07) is 4.52. The Bertz CT molecular complexity index is 550. The van der Waals surface area contributed by atoms with E-state index in [0.717, 1.165) is 0 Å². The van der Waals surface area contributed by atoms with E-state index in [1.165, 1.54) is 12.1 Å². The minimum Gasteiger partial charge on any atom is -0.483 e. The maximum Gasteiger partial charge on any atom is 0.260 e. The molecule has 2 N–H and O–H groups in total. The van der Waals surface area contributed by atoms with E-state index in [1.54, 1.807) is 11.0 Å². The molecular weight excluding hydrogens is 296 g/mol. The summed E-state index contributed by atoms with van der Waals surface area (Å²) in [5.74, 6) is -0.558. The lowest BCUT2D eigenvalue weighted by atomic mass is 10.2. The SMILES string of the molecule is C[C@@H]1CN(C(=O)COc2ccc(Cl)cc2C(N)=O)CCO1. The van der Waals surface area contributed by atoms with E-state index in [2.05, 4.69) is 0 Å². The molecule has 114 valence electrons. The predicted octanol–water partition coefficient (Wildman–Crippen LogP) is 1.07. The molecule has 1 atom stereocenters. The number of nitrogens with two attached hydrogens (primary N) is 1. The smallest absolute Gasteiger partial charge is 0.260 e. The van der Waals surface area contributed by atoms with Gasteiger partial charge in [-0.25, -0.2) is 0 Å². The van der Waals surface area contributed by atoms with Crippen LogP contribution in [-0.4, -0.2) is 49.1 Å². The van der Waals surface area contributed by atoms with Gasteiger partial charge in [0.25, 0.3) is 11.8 Å². The van der Waals surface area contributed by atoms with Gasteiger partial charge in [-0.15, -0.1) is 0 Å². The molecule has 21 heavy (non-hydrogen) atoms. The number of rotatable bonds is 4. The van der Waals surface area contributed by atoms with E-state index >= 15 is 0 Å². The molecule has 7 heteroatoms. The van der Waals surface area contributed by atoms with Crippen molar-refractivity contribution >= 4 is 23.4 Å². The zero-order valence-corrected chi connectivity index (χ0v) is 12.4. The first-order valence-electron chi connectivity index (χ1n) is 6.59. The molecule has 6 nitrogen and oxygen atoms in total. The second-order valence-electron chi connectivity index (χ2n) is 4.81. The highest BCUT2D eigenvalue weighted by molar-refractivity contribution is 6.31. The highest BCUT2D eigenvalue weighted by atomic mass is 35.5. The lowest BCUT2D eigenvalue weighted by Crippen LogP contribution is -2.46. The Morgan fingerprint density at radius 3 is 2.95 bits per heavy atom. The van der Waals surface area contributed by atoms with Crippen molar-refractivity contribution in [3.63, 3.8) is 0 Å². The van der Waals surface area contributed by atoms with Crippen molar-refractivity contribution in [3.05, 3.63) is 28.8 Å². The first-order chi connectivity index (χ1) is 9.97. The number of halogens is 1. The summed E-state index contributed by atoms with van der Waals surface area (Å²) in [6.45, 7) is 3.33. The minimum absolute atomic E-state index is 0.0133. The molecule has 1 saturated heterocycles. The lowest BCUT2D eigenvalue weighted by molar-refractivity contribution is -0.140. The maximum atomic E-state index is 12.1. The van der Waals surface area contributed by atoms with Gasteiger partial charge < -0.3 is 20.1 Å². The van der Waals surface area contributed by atoms with Crippen LogP contribution >= 0.6 is 11.6 Å². The maximum absolute atomic E-state index is 12.1. The Morgan fingerprint density at radius 2 is 2.29 bits per heavy atom. The van der Waals surface area contributed by atoms with Crippen LogP contribution < -0.4 is 10.5 Å². The predicted molar refractivity (Wildman–Crippen MR) is 77.5 cm³/mol. The number of carbonyl (C=O) groups is 2. The molecule has 0 spiro atoms. The second kappa shape index (κ2) is 6.78. The van der Waals surface area contributed by atoms with Crippen molar-refractivity contribution in [1.29, 1.82) is 0 Å². The Morgan fingerprint density at radius 1 is 1.52 bits per heavy atom. The summed E-state index contributed by atoms with van der Waals surface area (Å²) in [7, 11) is 0. The Labute approximate surface area is 127 Å². The first kappa shape index (κ1) is 15.6. The van der Waals surface area contributed by atoms with Crippen LogP contribution in [-0.2, 0) is 9.53 Å². The average molecular weight is 313 g/mol. The van der Waals surface area contributed by atoms with Gasteiger partial charge >= 0.3 is 0 Å². The molecule has 0 bridgehead atoms. The molecule has 0 aromatic heterocycles. The lowest BCUT2D eigenvalue weighted by Gasteiger charge is -2.31. The van der Waals surface area contributed by atoms with Gasteiger partial charge in [0.15, 0.2) is 6.61 Å². The van der Waals surface area contributed by atoms with Crippen LogP contribution in [0.4, 0.5) is 0 Å². The molecule has 1 aliphatic rings. The summed E-state index contributed by atoms with van der Waals surface area (Å²) < 4.78 is 10.8. The van der Waals surface area contributed by atoms with Crippen molar-refractivity contribution in [2.75, 3.05) is 26.3 Å². The molecular formula is C14H17ClN2O4. The summed E-state index contributed by atoms with van der Waals surface area (Å²) >= 11 is 5.81. The largest absolute Gasteiger partial charge is 0.483 e. The number of ether oxygens (including phenoxy) is 2. The van der Waals surface area contributed by atoms with Crippen LogP contribution in [0.5, 0.6) is 5.75 Å². The van der Waals surface area contributed by atoms with Crippen LogP contribution in [0, 0.1) is 0 Å². The van der Waals surface area contributed by atoms with E-state index in [1.807, 2.05) is 6.92 Å². The number of morpholine rings is 1. The third kappa shape index (κ3) is 4.09. The Kier molecular flexibility index (Phi) is 5.03. The standard InChI is InChI=1S/C14H17ClN2O4/c1-9-7-17(4-5-20-9)13(18)8-21-12-3-2-10(15)6-11(12)14(16)19/h2-3,6,9H,4-5,7-8H2,1H3,(H2,16,19)/t9-/m1/s1. The average Bonchev–Trinajstić information content (AvgIpc) is 2.45. The van der Waals surface area contributed by atoms with Crippen molar-refractivity contribution in [2.45, 2.75) is 13.0 Å². The second-order valence-corrected chi connectivity index (χ2v) is 5.25. The number of primary amides is 1. The third-order valence-corrected chi connectivity index (χ3v) is 3.39. The molecule has 2 amide bonds. The molecule has 0 unspecified atom stereocenters. The highest BCUT2D eigenvalue weighted by Crippen LogP contribution is 2.22. The number of nitrogens with zero attached hydrogens (tertiary/aromatic N) is 1. The molecule has 0 aliphatic carbocycles. The van der Waals surface area contributed by atoms with Gasteiger partial charge in [-0.1, -0.05) is 11.6 Å². The van der Waals surface area contributed by atoms with E-state index in [9.17, 15) is 9.59 Å². The van der Waals surface area contributed by atoms with Crippen molar-refractivity contribution in [2.24, 2.45) is 5.73 Å². The van der Waals surface area contributed by atoms with Gasteiger partial charge in [-0.2, -0.15) is 0 Å². The van der Waals surface area contributed by atoms with Crippen LogP contribution in [0.2, 0.25) is 5.02 Å². The molecule has 1 fully saturated rings. The van der Waals surface area contributed by atoms with E-state index < -0.39 is 5.91 Å². The summed E-state index contributed by atoms with van der Waals surface area (Å²) in [6.07, 6.45) is 0.0133. The van der Waals surface area contributed by atoms with Crippen LogP contribution in [0.25, 0.3) is 0 Å². The molecule has 1 aliphatic heterocycles. The van der Waals surface area contributed by atoms with Crippen molar-refractivity contribution in [1.82, 2.24) is 4.90 Å². The van der Waals surface area contributed by atoms with Gasteiger partial charge in [-0.3, -0.25) is 9.59 Å². The number of amides is 2. The molecule has 0 radical (unpaired) electrons. The number of hydrogen-bond donors (Lipinski definition) is 1. The monoisotopic (exact) mass is 312 g/mol. The van der Waals surface area contributed by atoms with E-state index in [4.69, 9.17) is 26.8 Å². The fourth-order valence-corrected chi connectivity index (χ4v) is 2.27. The normalized spacial score (nSPS) is 18.4. The minimum atomic E-state index is -0.653. The molecule has 1 aromatic carbocycles. The Balaban J connectivity index is 1.99. The van der Waals surface area contributed by atoms with Crippen LogP contribution in [0.15, 0.2) is 18.2 Å².